The maximum atomic E-state index is 13.8. The number of hydrogen-bond donors (Lipinski definition) is 1. The fourth-order valence-electron chi connectivity index (χ4n) is 4.94. The summed E-state index contributed by atoms with van der Waals surface area (Å²) in [4.78, 5) is 18.7. The number of carbonyl (C=O) groups is 1. The zero-order valence-electron chi connectivity index (χ0n) is 21.3. The van der Waals surface area contributed by atoms with E-state index in [1.165, 1.54) is 0 Å². The number of aliphatic imine (C=N–C) groups is 1. The monoisotopic (exact) mass is 506 g/mol. The van der Waals surface area contributed by atoms with Crippen molar-refractivity contribution < 1.29 is 9.53 Å². The first kappa shape index (κ1) is 24.8. The second-order valence-electron chi connectivity index (χ2n) is 9.70. The molecule has 186 valence electrons. The van der Waals surface area contributed by atoms with E-state index in [0.717, 1.165) is 38.9 Å². The minimum atomic E-state index is -0.715. The van der Waals surface area contributed by atoms with Crippen molar-refractivity contribution in [3.63, 3.8) is 0 Å². The molecule has 4 nitrogen and oxygen atoms in total. The molecular weight excluding hydrogens is 476 g/mol. The van der Waals surface area contributed by atoms with Crippen molar-refractivity contribution in [2.45, 2.75) is 19.8 Å². The van der Waals surface area contributed by atoms with Crippen molar-refractivity contribution in [1.29, 1.82) is 0 Å². The van der Waals surface area contributed by atoms with E-state index in [4.69, 9.17) is 9.73 Å². The molecule has 1 heterocycles. The molecule has 0 atom stereocenters. The van der Waals surface area contributed by atoms with Crippen LogP contribution in [0.2, 0.25) is 0 Å². The van der Waals surface area contributed by atoms with Gasteiger partial charge in [-0.05, 0) is 39.4 Å². The number of nitrogens with zero attached hydrogens (tertiary/aromatic N) is 1. The Morgan fingerprint density at radius 2 is 1.59 bits per heavy atom. The van der Waals surface area contributed by atoms with Gasteiger partial charge in [0.05, 0.1) is 24.0 Å². The van der Waals surface area contributed by atoms with Crippen LogP contribution in [-0.4, -0.2) is 24.6 Å². The van der Waals surface area contributed by atoms with Gasteiger partial charge in [0.2, 0.25) is 5.91 Å². The number of methoxy groups -OCH3 is 1. The molecule has 0 aliphatic carbocycles. The molecule has 0 unspecified atom stereocenters. The first-order chi connectivity index (χ1) is 18.0. The van der Waals surface area contributed by atoms with Crippen molar-refractivity contribution in [1.82, 2.24) is 5.32 Å². The molecule has 0 saturated carbocycles. The third-order valence-electron chi connectivity index (χ3n) is 6.86. The Balaban J connectivity index is 1.44. The Hall–Kier alpha value is -3.83. The number of thioether (sulfide) groups is 1. The molecule has 1 N–H and O–H groups in total. The average Bonchev–Trinajstić information content (AvgIpc) is 2.93. The number of hydrogen-bond acceptors (Lipinski definition) is 4. The molecule has 1 aliphatic heterocycles. The Bertz CT molecular complexity index is 1440. The number of fused-ring (bicyclic) bond motifs is 1. The van der Waals surface area contributed by atoms with Crippen molar-refractivity contribution in [3.05, 3.63) is 119 Å². The number of benzene rings is 4. The Morgan fingerprint density at radius 1 is 0.919 bits per heavy atom. The van der Waals surface area contributed by atoms with E-state index in [0.29, 0.717) is 11.6 Å². The molecule has 1 aliphatic rings. The summed E-state index contributed by atoms with van der Waals surface area (Å²) in [6.45, 7) is 4.02. The molecule has 4 aromatic rings. The summed E-state index contributed by atoms with van der Waals surface area (Å²) in [6.07, 6.45) is 0. The van der Waals surface area contributed by atoms with Gasteiger partial charge in [-0.15, -0.1) is 11.8 Å². The molecule has 4 aromatic carbocycles. The second kappa shape index (κ2) is 10.7. The van der Waals surface area contributed by atoms with Crippen LogP contribution in [0.15, 0.2) is 107 Å². The van der Waals surface area contributed by atoms with Crippen molar-refractivity contribution >= 4 is 40.0 Å². The van der Waals surface area contributed by atoms with Crippen LogP contribution >= 0.6 is 11.8 Å². The van der Waals surface area contributed by atoms with Crippen LogP contribution in [0.3, 0.4) is 0 Å². The van der Waals surface area contributed by atoms with Gasteiger partial charge < -0.3 is 10.1 Å². The normalized spacial score (nSPS) is 13.7. The first-order valence-electron chi connectivity index (χ1n) is 12.3. The van der Waals surface area contributed by atoms with Crippen LogP contribution in [0, 0.1) is 5.41 Å². The van der Waals surface area contributed by atoms with Crippen LogP contribution in [0.4, 0.5) is 0 Å². The number of rotatable bonds is 6. The maximum absolute atomic E-state index is 13.8. The van der Waals surface area contributed by atoms with Gasteiger partial charge in [0.1, 0.15) is 11.6 Å². The van der Waals surface area contributed by atoms with E-state index in [-0.39, 0.29) is 11.8 Å². The summed E-state index contributed by atoms with van der Waals surface area (Å²) < 4.78 is 5.39. The van der Waals surface area contributed by atoms with Crippen LogP contribution in [-0.2, 0) is 4.79 Å². The van der Waals surface area contributed by atoms with E-state index in [1.54, 1.807) is 18.9 Å². The van der Waals surface area contributed by atoms with Gasteiger partial charge in [-0.1, -0.05) is 98.8 Å². The largest absolute Gasteiger partial charge is 0.497 e. The van der Waals surface area contributed by atoms with Gasteiger partial charge in [0.15, 0.2) is 0 Å². The van der Waals surface area contributed by atoms with Crippen molar-refractivity contribution in [2.75, 3.05) is 12.9 Å². The van der Waals surface area contributed by atoms with Gasteiger partial charge >= 0.3 is 0 Å². The fraction of sp³-hybridized carbons (Fsp3) is 0.188. The smallest absolute Gasteiger partial charge is 0.231 e. The lowest BCUT2D eigenvalue weighted by molar-refractivity contribution is -0.128. The van der Waals surface area contributed by atoms with Gasteiger partial charge in [0, 0.05) is 11.5 Å². The number of nitrogens with one attached hydrogen (secondary N) is 1. The fourth-order valence-corrected chi connectivity index (χ4v) is 5.66. The number of carbonyl (C=O) groups excluding carboxylic acids is 1. The highest BCUT2D eigenvalue weighted by Gasteiger charge is 2.39. The Labute approximate surface area is 222 Å². The number of amidine groups is 1. The molecule has 0 aromatic heterocycles. The van der Waals surface area contributed by atoms with Crippen LogP contribution < -0.4 is 10.1 Å². The summed E-state index contributed by atoms with van der Waals surface area (Å²) in [6, 6.07) is 32.7. The van der Waals surface area contributed by atoms with E-state index in [9.17, 15) is 4.79 Å². The van der Waals surface area contributed by atoms with Crippen molar-refractivity contribution in [3.8, 4) is 5.75 Å². The topological polar surface area (TPSA) is 50.7 Å². The molecule has 0 fully saturated rings. The van der Waals surface area contributed by atoms with E-state index < -0.39 is 5.41 Å². The third-order valence-corrected chi connectivity index (χ3v) is 7.69. The molecule has 5 rings (SSSR count). The van der Waals surface area contributed by atoms with Crippen LogP contribution in [0.5, 0.6) is 5.75 Å². The second-order valence-corrected chi connectivity index (χ2v) is 10.6. The summed E-state index contributed by atoms with van der Waals surface area (Å²) in [7, 11) is 1.67. The summed E-state index contributed by atoms with van der Waals surface area (Å²) >= 11 is 1.64. The minimum absolute atomic E-state index is 0.0477. The van der Waals surface area contributed by atoms with Gasteiger partial charge in [-0.3, -0.25) is 4.79 Å². The van der Waals surface area contributed by atoms with Gasteiger partial charge in [-0.2, -0.15) is 0 Å². The average molecular weight is 507 g/mol. The van der Waals surface area contributed by atoms with Crippen LogP contribution in [0.25, 0.3) is 16.5 Å². The van der Waals surface area contributed by atoms with Crippen LogP contribution in [0.1, 0.15) is 36.5 Å². The lowest BCUT2D eigenvalue weighted by Gasteiger charge is -2.34. The minimum Gasteiger partial charge on any atom is -0.497 e. The summed E-state index contributed by atoms with van der Waals surface area (Å²) in [5.41, 5.74) is 3.39. The zero-order chi connectivity index (χ0) is 25.8. The van der Waals surface area contributed by atoms with Crippen molar-refractivity contribution in [2.24, 2.45) is 10.4 Å². The Morgan fingerprint density at radius 3 is 2.24 bits per heavy atom. The lowest BCUT2D eigenvalue weighted by atomic mass is 9.70. The summed E-state index contributed by atoms with van der Waals surface area (Å²) in [5.74, 6) is 1.96. The molecule has 0 radical (unpaired) electrons. The maximum Gasteiger partial charge on any atom is 0.231 e. The highest BCUT2D eigenvalue weighted by molar-refractivity contribution is 8.03. The standard InChI is InChI=1S/C32H30N2O2S/c1-32(2,30(22-11-6-4-7-12-22)23-13-8-5-9-14-23)31(35)34-29-21-37-20-28(33-29)27-16-10-15-24-19-25(36-3)17-18-26(24)27/h4-20,30H,21H2,1-3H3,(H,33,34,35). The predicted molar refractivity (Wildman–Crippen MR) is 155 cm³/mol. The molecule has 0 saturated heterocycles. The van der Waals surface area contributed by atoms with E-state index >= 15 is 0 Å². The molecular formula is C32H30N2O2S. The third kappa shape index (κ3) is 5.18. The van der Waals surface area contributed by atoms with E-state index in [2.05, 4.69) is 53.2 Å². The van der Waals surface area contributed by atoms with Gasteiger partial charge in [-0.25, -0.2) is 4.99 Å². The molecule has 0 bridgehead atoms. The molecule has 37 heavy (non-hydrogen) atoms. The number of amides is 1. The quantitative estimate of drug-likeness (QED) is 0.299. The Kier molecular flexibility index (Phi) is 7.15. The van der Waals surface area contributed by atoms with E-state index in [1.807, 2.05) is 68.4 Å². The molecule has 5 heteroatoms. The first-order valence-corrected chi connectivity index (χ1v) is 13.4. The van der Waals surface area contributed by atoms with Gasteiger partial charge in [0.25, 0.3) is 0 Å². The zero-order valence-corrected chi connectivity index (χ0v) is 22.1. The predicted octanol–water partition coefficient (Wildman–Crippen LogP) is 7.27. The SMILES string of the molecule is COc1ccc2c(C3=CSCC(NC(=O)C(C)(C)C(c4ccccc4)c4ccccc4)=N3)cccc2c1. The highest BCUT2D eigenvalue weighted by atomic mass is 32.2. The molecule has 0 spiro atoms. The molecule has 1 amide bonds. The number of ether oxygens (including phenoxy) is 1. The highest BCUT2D eigenvalue weighted by Crippen LogP contribution is 2.41. The lowest BCUT2D eigenvalue weighted by Crippen LogP contribution is -2.45. The summed E-state index contributed by atoms with van der Waals surface area (Å²) in [5, 5.41) is 7.42.